The van der Waals surface area contributed by atoms with Gasteiger partial charge in [-0.05, 0) is 20.3 Å². The van der Waals surface area contributed by atoms with Gasteiger partial charge >= 0.3 is 0 Å². The first-order chi connectivity index (χ1) is 12.0. The van der Waals surface area contributed by atoms with E-state index in [2.05, 4.69) is 27.2 Å². The summed E-state index contributed by atoms with van der Waals surface area (Å²) in [5.74, 6) is 1.60. The number of carbonyl (C=O) groups is 1. The van der Waals surface area contributed by atoms with E-state index in [0.717, 1.165) is 35.6 Å². The van der Waals surface area contributed by atoms with Gasteiger partial charge in [-0.1, -0.05) is 6.92 Å². The second-order valence-corrected chi connectivity index (χ2v) is 6.54. The second kappa shape index (κ2) is 7.35. The van der Waals surface area contributed by atoms with Crippen molar-refractivity contribution in [2.75, 3.05) is 19.7 Å². The van der Waals surface area contributed by atoms with Crippen molar-refractivity contribution in [3.05, 3.63) is 28.6 Å². The average molecular weight is 346 g/mol. The highest BCUT2D eigenvalue weighted by Gasteiger charge is 2.29. The highest BCUT2D eigenvalue weighted by Crippen LogP contribution is 2.21. The molecule has 1 aliphatic heterocycles. The maximum Gasteiger partial charge on any atom is 0.227 e. The van der Waals surface area contributed by atoms with Gasteiger partial charge in [-0.2, -0.15) is 10.2 Å². The molecule has 136 valence electrons. The Labute approximate surface area is 147 Å². The van der Waals surface area contributed by atoms with Crippen molar-refractivity contribution in [1.29, 1.82) is 0 Å². The molecule has 0 aliphatic carbocycles. The third-order valence-electron chi connectivity index (χ3n) is 4.73. The fourth-order valence-electron chi connectivity index (χ4n) is 3.17. The molecule has 0 aromatic carbocycles. The van der Waals surface area contributed by atoms with Crippen LogP contribution in [0.5, 0.6) is 0 Å². The lowest BCUT2D eigenvalue weighted by atomic mass is 10.1. The van der Waals surface area contributed by atoms with Crippen molar-refractivity contribution < 1.29 is 9.53 Å². The summed E-state index contributed by atoms with van der Waals surface area (Å²) in [4.78, 5) is 19.1. The molecule has 0 spiro atoms. The quantitative estimate of drug-likeness (QED) is 0.880. The molecule has 1 fully saturated rings. The van der Waals surface area contributed by atoms with E-state index in [9.17, 15) is 4.79 Å². The Kier molecular flexibility index (Phi) is 5.17. The van der Waals surface area contributed by atoms with Gasteiger partial charge in [-0.25, -0.2) is 4.98 Å². The summed E-state index contributed by atoms with van der Waals surface area (Å²) in [6.45, 7) is 7.62. The minimum Gasteiger partial charge on any atom is -0.366 e. The Morgan fingerprint density at radius 2 is 2.20 bits per heavy atom. The molecular weight excluding hydrogens is 320 g/mol. The van der Waals surface area contributed by atoms with Crippen LogP contribution in [-0.4, -0.2) is 55.5 Å². The number of rotatable bonds is 5. The first kappa shape index (κ1) is 17.6. The molecule has 2 aromatic heterocycles. The van der Waals surface area contributed by atoms with Crippen LogP contribution in [0.15, 0.2) is 0 Å². The number of amides is 1. The van der Waals surface area contributed by atoms with Crippen LogP contribution >= 0.6 is 0 Å². The Morgan fingerprint density at radius 1 is 1.40 bits per heavy atom. The van der Waals surface area contributed by atoms with Crippen molar-refractivity contribution in [1.82, 2.24) is 29.9 Å². The fourth-order valence-corrected chi connectivity index (χ4v) is 3.17. The molecule has 1 aliphatic rings. The molecule has 0 bridgehead atoms. The summed E-state index contributed by atoms with van der Waals surface area (Å²) in [7, 11) is 1.90. The van der Waals surface area contributed by atoms with Crippen LogP contribution in [0.25, 0.3) is 0 Å². The Bertz CT molecular complexity index is 750. The third kappa shape index (κ3) is 3.73. The van der Waals surface area contributed by atoms with E-state index in [1.807, 2.05) is 30.5 Å². The molecule has 8 nitrogen and oxygen atoms in total. The molecule has 1 atom stereocenters. The minimum atomic E-state index is -0.268. The zero-order valence-corrected chi connectivity index (χ0v) is 15.4. The first-order valence-corrected chi connectivity index (χ1v) is 8.79. The SMILES string of the molecule is CCCc1nc([C@@H]2CN(C(=O)Cc3c(C)nn(C)c3C)CCO2)n[nH]1. The normalized spacial score (nSPS) is 17.9. The lowest BCUT2D eigenvalue weighted by molar-refractivity contribution is -0.138. The van der Waals surface area contributed by atoms with E-state index in [-0.39, 0.29) is 12.0 Å². The smallest absolute Gasteiger partial charge is 0.227 e. The molecule has 25 heavy (non-hydrogen) atoms. The summed E-state index contributed by atoms with van der Waals surface area (Å²) in [5, 5.41) is 11.6. The van der Waals surface area contributed by atoms with Crippen molar-refractivity contribution in [3.63, 3.8) is 0 Å². The Balaban J connectivity index is 1.66. The molecule has 8 heteroatoms. The number of H-pyrrole nitrogens is 1. The molecule has 3 heterocycles. The van der Waals surface area contributed by atoms with Gasteiger partial charge in [0.2, 0.25) is 5.91 Å². The molecule has 1 N–H and O–H groups in total. The highest BCUT2D eigenvalue weighted by molar-refractivity contribution is 5.79. The van der Waals surface area contributed by atoms with E-state index in [0.29, 0.717) is 31.9 Å². The molecule has 1 saturated heterocycles. The highest BCUT2D eigenvalue weighted by atomic mass is 16.5. The first-order valence-electron chi connectivity index (χ1n) is 8.79. The maximum absolute atomic E-state index is 12.8. The van der Waals surface area contributed by atoms with Crippen LogP contribution in [0.4, 0.5) is 0 Å². The number of hydrogen-bond donors (Lipinski definition) is 1. The number of nitrogens with zero attached hydrogens (tertiary/aromatic N) is 5. The predicted octanol–water partition coefficient (Wildman–Crippen LogP) is 1.25. The second-order valence-electron chi connectivity index (χ2n) is 6.54. The number of morpholine rings is 1. The molecule has 0 radical (unpaired) electrons. The van der Waals surface area contributed by atoms with Gasteiger partial charge in [-0.3, -0.25) is 14.6 Å². The Morgan fingerprint density at radius 3 is 2.88 bits per heavy atom. The van der Waals surface area contributed by atoms with E-state index in [1.165, 1.54) is 0 Å². The van der Waals surface area contributed by atoms with Crippen molar-refractivity contribution in [2.24, 2.45) is 7.05 Å². The predicted molar refractivity (Wildman–Crippen MR) is 92.0 cm³/mol. The van der Waals surface area contributed by atoms with Crippen LogP contribution in [-0.2, 0) is 29.4 Å². The van der Waals surface area contributed by atoms with E-state index >= 15 is 0 Å². The van der Waals surface area contributed by atoms with Crippen LogP contribution in [0.3, 0.4) is 0 Å². The summed E-state index contributed by atoms with van der Waals surface area (Å²) < 4.78 is 7.60. The van der Waals surface area contributed by atoms with Gasteiger partial charge in [0.05, 0.1) is 25.3 Å². The monoisotopic (exact) mass is 346 g/mol. The molecule has 2 aromatic rings. The van der Waals surface area contributed by atoms with Gasteiger partial charge in [-0.15, -0.1) is 0 Å². The van der Waals surface area contributed by atoms with Crippen molar-refractivity contribution in [2.45, 2.75) is 46.1 Å². The maximum atomic E-state index is 12.8. The molecular formula is C17H26N6O2. The van der Waals surface area contributed by atoms with Crippen LogP contribution in [0, 0.1) is 13.8 Å². The lowest BCUT2D eigenvalue weighted by Crippen LogP contribution is -2.43. The average Bonchev–Trinajstić information content (AvgIpc) is 3.16. The van der Waals surface area contributed by atoms with Gasteiger partial charge in [0.1, 0.15) is 11.9 Å². The van der Waals surface area contributed by atoms with Crippen molar-refractivity contribution >= 4 is 5.91 Å². The lowest BCUT2D eigenvalue weighted by Gasteiger charge is -2.31. The number of hydrogen-bond acceptors (Lipinski definition) is 5. The zero-order valence-electron chi connectivity index (χ0n) is 15.4. The zero-order chi connectivity index (χ0) is 18.0. The summed E-state index contributed by atoms with van der Waals surface area (Å²) in [5.41, 5.74) is 2.96. The number of aryl methyl sites for hydroxylation is 3. The van der Waals surface area contributed by atoms with Crippen LogP contribution < -0.4 is 0 Å². The van der Waals surface area contributed by atoms with Gasteiger partial charge < -0.3 is 9.64 Å². The van der Waals surface area contributed by atoms with Crippen LogP contribution in [0.2, 0.25) is 0 Å². The van der Waals surface area contributed by atoms with Crippen LogP contribution in [0.1, 0.15) is 48.0 Å². The Hall–Kier alpha value is -2.22. The number of aromatic nitrogens is 5. The van der Waals surface area contributed by atoms with E-state index in [1.54, 1.807) is 0 Å². The molecule has 0 unspecified atom stereocenters. The summed E-state index contributed by atoms with van der Waals surface area (Å²) in [6, 6.07) is 0. The van der Waals surface area contributed by atoms with Gasteiger partial charge in [0.25, 0.3) is 0 Å². The number of ether oxygens (including phenoxy) is 1. The molecule has 3 rings (SSSR count). The summed E-state index contributed by atoms with van der Waals surface area (Å²) >= 11 is 0. The van der Waals surface area contributed by atoms with Crippen molar-refractivity contribution in [3.8, 4) is 0 Å². The number of carbonyl (C=O) groups excluding carboxylic acids is 1. The third-order valence-corrected chi connectivity index (χ3v) is 4.73. The molecule has 1 amide bonds. The van der Waals surface area contributed by atoms with E-state index < -0.39 is 0 Å². The largest absolute Gasteiger partial charge is 0.366 e. The number of nitrogens with one attached hydrogen (secondary N) is 1. The van der Waals surface area contributed by atoms with E-state index in [4.69, 9.17) is 4.74 Å². The van der Waals surface area contributed by atoms with Gasteiger partial charge in [0.15, 0.2) is 5.82 Å². The fraction of sp³-hybridized carbons (Fsp3) is 0.647. The van der Waals surface area contributed by atoms with Gasteiger partial charge in [0, 0.05) is 31.3 Å². The summed E-state index contributed by atoms with van der Waals surface area (Å²) in [6.07, 6.45) is 1.97. The topological polar surface area (TPSA) is 88.9 Å². The number of aromatic amines is 1. The standard InChI is InChI=1S/C17H26N6O2/c1-5-6-15-18-17(20-19-15)14-10-23(7-8-25-14)16(24)9-13-11(2)21-22(4)12(13)3/h14H,5-10H2,1-4H3,(H,18,19,20)/t14-/m0/s1. The molecule has 0 saturated carbocycles. The minimum absolute atomic E-state index is 0.0943.